The highest BCUT2D eigenvalue weighted by Gasteiger charge is 2.23. The number of urea groups is 1. The Bertz CT molecular complexity index is 1100. The standard InChI is InChI=1S/C27H37N5O2/c1-20(2)16-28-27(33)30-11-8-21(9-12-30)18-31-13-10-23-15-22(6-7-25(23)31)24-17-29-32(19-24)26-5-3-4-14-34-26/h6-7,10,13,15,17,19-21,26H,3-5,8-9,11-12,14,16,18H2,1-2H3,(H,28,33). The summed E-state index contributed by atoms with van der Waals surface area (Å²) in [6, 6.07) is 8.99. The molecule has 34 heavy (non-hydrogen) atoms. The molecule has 0 radical (unpaired) electrons. The van der Waals surface area contributed by atoms with Crippen molar-refractivity contribution in [2.45, 2.75) is 58.7 Å². The average Bonchev–Trinajstić information content (AvgIpc) is 3.51. The Kier molecular flexibility index (Phi) is 6.90. The van der Waals surface area contributed by atoms with E-state index in [1.54, 1.807) is 0 Å². The second-order valence-electron chi connectivity index (χ2n) is 10.3. The summed E-state index contributed by atoms with van der Waals surface area (Å²) < 4.78 is 10.2. The maximum atomic E-state index is 12.3. The number of carbonyl (C=O) groups is 1. The molecule has 2 aromatic heterocycles. The van der Waals surface area contributed by atoms with Crippen LogP contribution in [0.2, 0.25) is 0 Å². The number of aromatic nitrogens is 3. The molecule has 2 aliphatic heterocycles. The molecule has 1 aromatic carbocycles. The minimum absolute atomic E-state index is 0.0695. The Morgan fingerprint density at radius 3 is 2.76 bits per heavy atom. The molecule has 0 bridgehead atoms. The van der Waals surface area contributed by atoms with Gasteiger partial charge < -0.3 is 19.5 Å². The van der Waals surface area contributed by atoms with Crippen LogP contribution in [0.15, 0.2) is 42.9 Å². The van der Waals surface area contributed by atoms with Crippen molar-refractivity contribution in [1.29, 1.82) is 0 Å². The maximum absolute atomic E-state index is 12.3. The number of hydrogen-bond donors (Lipinski definition) is 1. The summed E-state index contributed by atoms with van der Waals surface area (Å²) in [5, 5.41) is 8.87. The van der Waals surface area contributed by atoms with Gasteiger partial charge in [0, 0.05) is 61.6 Å². The van der Waals surface area contributed by atoms with E-state index < -0.39 is 0 Å². The smallest absolute Gasteiger partial charge is 0.317 e. The molecule has 2 fully saturated rings. The van der Waals surface area contributed by atoms with Crippen molar-refractivity contribution in [1.82, 2.24) is 24.6 Å². The fourth-order valence-electron chi connectivity index (χ4n) is 5.12. The number of benzene rings is 1. The van der Waals surface area contributed by atoms with Gasteiger partial charge >= 0.3 is 6.03 Å². The molecule has 0 spiro atoms. The summed E-state index contributed by atoms with van der Waals surface area (Å²) in [7, 11) is 0. The zero-order chi connectivity index (χ0) is 23.5. The molecule has 2 saturated heterocycles. The lowest BCUT2D eigenvalue weighted by Gasteiger charge is -2.32. The fourth-order valence-corrected chi connectivity index (χ4v) is 5.12. The van der Waals surface area contributed by atoms with Crippen LogP contribution in [0, 0.1) is 11.8 Å². The Hall–Kier alpha value is -2.80. The quantitative estimate of drug-likeness (QED) is 0.541. The average molecular weight is 464 g/mol. The Morgan fingerprint density at radius 2 is 2.00 bits per heavy atom. The number of piperidine rings is 1. The molecular formula is C27H37N5O2. The third kappa shape index (κ3) is 5.14. The highest BCUT2D eigenvalue weighted by molar-refractivity contribution is 5.85. The summed E-state index contributed by atoms with van der Waals surface area (Å²) in [5.41, 5.74) is 3.59. The molecule has 182 valence electrons. The van der Waals surface area contributed by atoms with Crippen molar-refractivity contribution < 1.29 is 9.53 Å². The van der Waals surface area contributed by atoms with Gasteiger partial charge in [-0.05, 0) is 67.7 Å². The molecule has 2 aliphatic rings. The molecule has 0 aliphatic carbocycles. The maximum Gasteiger partial charge on any atom is 0.317 e. The highest BCUT2D eigenvalue weighted by atomic mass is 16.5. The van der Waals surface area contributed by atoms with E-state index in [4.69, 9.17) is 4.74 Å². The molecule has 2 amide bonds. The van der Waals surface area contributed by atoms with Crippen LogP contribution in [-0.2, 0) is 11.3 Å². The number of ether oxygens (including phenoxy) is 1. The van der Waals surface area contributed by atoms with Crippen LogP contribution >= 0.6 is 0 Å². The van der Waals surface area contributed by atoms with E-state index in [-0.39, 0.29) is 12.3 Å². The van der Waals surface area contributed by atoms with Crippen LogP contribution in [0.3, 0.4) is 0 Å². The lowest BCUT2D eigenvalue weighted by molar-refractivity contribution is -0.0394. The monoisotopic (exact) mass is 463 g/mol. The fraction of sp³-hybridized carbons (Fsp3) is 0.556. The Labute approximate surface area is 202 Å². The van der Waals surface area contributed by atoms with Gasteiger partial charge in [0.1, 0.15) is 6.23 Å². The van der Waals surface area contributed by atoms with Crippen molar-refractivity contribution in [2.24, 2.45) is 11.8 Å². The van der Waals surface area contributed by atoms with Crippen molar-refractivity contribution in [3.05, 3.63) is 42.9 Å². The predicted octanol–water partition coefficient (Wildman–Crippen LogP) is 5.28. The lowest BCUT2D eigenvalue weighted by atomic mass is 9.97. The van der Waals surface area contributed by atoms with Crippen molar-refractivity contribution in [3.63, 3.8) is 0 Å². The molecular weight excluding hydrogens is 426 g/mol. The van der Waals surface area contributed by atoms with E-state index >= 15 is 0 Å². The molecule has 4 heterocycles. The van der Waals surface area contributed by atoms with E-state index in [0.717, 1.165) is 64.0 Å². The third-order valence-electron chi connectivity index (χ3n) is 7.17. The first kappa shape index (κ1) is 23.0. The van der Waals surface area contributed by atoms with Gasteiger partial charge in [0.25, 0.3) is 0 Å². The number of rotatable bonds is 6. The van der Waals surface area contributed by atoms with Crippen LogP contribution in [0.4, 0.5) is 4.79 Å². The van der Waals surface area contributed by atoms with Crippen molar-refractivity contribution in [3.8, 4) is 11.1 Å². The SMILES string of the molecule is CC(C)CNC(=O)N1CCC(Cn2ccc3cc(-c4cnn(C5CCCCO5)c4)ccc32)CC1. The minimum atomic E-state index is 0.0695. The van der Waals surface area contributed by atoms with Gasteiger partial charge in [0.05, 0.1) is 6.20 Å². The van der Waals surface area contributed by atoms with Crippen LogP contribution in [0.25, 0.3) is 22.0 Å². The Morgan fingerprint density at radius 1 is 1.15 bits per heavy atom. The normalized spacial score (nSPS) is 19.7. The van der Waals surface area contributed by atoms with Gasteiger partial charge in [-0.15, -0.1) is 0 Å². The third-order valence-corrected chi connectivity index (χ3v) is 7.17. The molecule has 7 nitrogen and oxygen atoms in total. The number of amides is 2. The second-order valence-corrected chi connectivity index (χ2v) is 10.3. The summed E-state index contributed by atoms with van der Waals surface area (Å²) in [6.07, 6.45) is 11.8. The molecule has 1 unspecified atom stereocenters. The van der Waals surface area contributed by atoms with Gasteiger partial charge in [-0.3, -0.25) is 0 Å². The molecule has 7 heteroatoms. The van der Waals surface area contributed by atoms with Crippen LogP contribution in [0.1, 0.15) is 52.2 Å². The number of fused-ring (bicyclic) bond motifs is 1. The van der Waals surface area contributed by atoms with E-state index in [1.807, 2.05) is 15.8 Å². The second kappa shape index (κ2) is 10.2. The van der Waals surface area contributed by atoms with Crippen LogP contribution < -0.4 is 5.32 Å². The first-order valence-electron chi connectivity index (χ1n) is 12.8. The summed E-state index contributed by atoms with van der Waals surface area (Å²) in [5.74, 6) is 1.07. The highest BCUT2D eigenvalue weighted by Crippen LogP contribution is 2.29. The number of nitrogens with zero attached hydrogens (tertiary/aromatic N) is 4. The minimum Gasteiger partial charge on any atom is -0.357 e. The van der Waals surface area contributed by atoms with Gasteiger partial charge in [0.15, 0.2) is 0 Å². The van der Waals surface area contributed by atoms with Gasteiger partial charge in [0.2, 0.25) is 0 Å². The zero-order valence-corrected chi connectivity index (χ0v) is 20.4. The van der Waals surface area contributed by atoms with Crippen molar-refractivity contribution >= 4 is 16.9 Å². The van der Waals surface area contributed by atoms with Gasteiger partial charge in [-0.25, -0.2) is 9.48 Å². The summed E-state index contributed by atoms with van der Waals surface area (Å²) in [4.78, 5) is 14.3. The van der Waals surface area contributed by atoms with Crippen LogP contribution in [0.5, 0.6) is 0 Å². The number of likely N-dealkylation sites (tertiary alicyclic amines) is 1. The van der Waals surface area contributed by atoms with E-state index in [0.29, 0.717) is 11.8 Å². The van der Waals surface area contributed by atoms with Crippen LogP contribution in [-0.4, -0.2) is 51.5 Å². The Balaban J connectivity index is 1.20. The van der Waals surface area contributed by atoms with Crippen molar-refractivity contribution in [2.75, 3.05) is 26.2 Å². The summed E-state index contributed by atoms with van der Waals surface area (Å²) >= 11 is 0. The first-order chi connectivity index (χ1) is 16.6. The molecule has 0 saturated carbocycles. The predicted molar refractivity (Wildman–Crippen MR) is 135 cm³/mol. The topological polar surface area (TPSA) is 64.3 Å². The lowest BCUT2D eigenvalue weighted by Crippen LogP contribution is -2.45. The molecule has 1 N–H and O–H groups in total. The summed E-state index contributed by atoms with van der Waals surface area (Å²) in [6.45, 7) is 8.49. The number of nitrogens with one attached hydrogen (secondary N) is 1. The first-order valence-corrected chi connectivity index (χ1v) is 12.8. The van der Waals surface area contributed by atoms with Gasteiger partial charge in [-0.1, -0.05) is 19.9 Å². The van der Waals surface area contributed by atoms with Gasteiger partial charge in [-0.2, -0.15) is 5.10 Å². The van der Waals surface area contributed by atoms with E-state index in [1.165, 1.54) is 22.9 Å². The van der Waals surface area contributed by atoms with E-state index in [2.05, 4.69) is 65.5 Å². The van der Waals surface area contributed by atoms with E-state index in [9.17, 15) is 4.79 Å². The number of carbonyl (C=O) groups excluding carboxylic acids is 1. The molecule has 5 rings (SSSR count). The largest absolute Gasteiger partial charge is 0.357 e. The molecule has 1 atom stereocenters. The zero-order valence-electron chi connectivity index (χ0n) is 20.4. The molecule has 3 aromatic rings. The number of hydrogen-bond acceptors (Lipinski definition) is 3.